The molecule has 0 radical (unpaired) electrons. The first-order valence-electron chi connectivity index (χ1n) is 10.2. The van der Waals surface area contributed by atoms with Gasteiger partial charge in [-0.1, -0.05) is 0 Å². The lowest BCUT2D eigenvalue weighted by Gasteiger charge is -2.36. The molecular weight excluding hydrogens is 422 g/mol. The highest BCUT2D eigenvalue weighted by Gasteiger charge is 2.42. The molecule has 0 bridgehead atoms. The highest BCUT2D eigenvalue weighted by Crippen LogP contribution is 2.28. The summed E-state index contributed by atoms with van der Waals surface area (Å²) in [4.78, 5) is 29.0. The van der Waals surface area contributed by atoms with Gasteiger partial charge in [-0.15, -0.1) is 0 Å². The molecule has 1 atom stereocenters. The van der Waals surface area contributed by atoms with Crippen molar-refractivity contribution in [2.45, 2.75) is 23.8 Å². The second kappa shape index (κ2) is 8.72. The van der Waals surface area contributed by atoms with Crippen LogP contribution in [0, 0.1) is 0 Å². The number of rotatable bonds is 5. The monoisotopic (exact) mass is 447 g/mol. The molecule has 3 heterocycles. The maximum atomic E-state index is 13.2. The number of furan rings is 1. The Morgan fingerprint density at radius 2 is 1.68 bits per heavy atom. The minimum atomic E-state index is -3.80. The highest BCUT2D eigenvalue weighted by molar-refractivity contribution is 7.89. The fraction of sp³-hybridized carbons (Fsp3) is 0.429. The van der Waals surface area contributed by atoms with Gasteiger partial charge in [0, 0.05) is 32.7 Å². The van der Waals surface area contributed by atoms with Crippen molar-refractivity contribution in [2.24, 2.45) is 0 Å². The Kier molecular flexibility index (Phi) is 6.01. The zero-order valence-electron chi connectivity index (χ0n) is 17.3. The van der Waals surface area contributed by atoms with Gasteiger partial charge in [0.25, 0.3) is 5.91 Å². The summed E-state index contributed by atoms with van der Waals surface area (Å²) >= 11 is 0. The number of hydrogen-bond acceptors (Lipinski definition) is 6. The lowest BCUT2D eigenvalue weighted by Crippen LogP contribution is -2.55. The normalized spacial score (nSPS) is 20.1. The van der Waals surface area contributed by atoms with Gasteiger partial charge in [-0.05, 0) is 49.2 Å². The van der Waals surface area contributed by atoms with E-state index < -0.39 is 16.1 Å². The van der Waals surface area contributed by atoms with Crippen molar-refractivity contribution in [1.29, 1.82) is 0 Å². The maximum Gasteiger partial charge on any atom is 0.289 e. The van der Waals surface area contributed by atoms with Crippen LogP contribution in [0.4, 0.5) is 0 Å². The number of amides is 2. The van der Waals surface area contributed by atoms with Crippen LogP contribution in [0.25, 0.3) is 0 Å². The van der Waals surface area contributed by atoms with Crippen molar-refractivity contribution in [1.82, 2.24) is 14.1 Å². The summed E-state index contributed by atoms with van der Waals surface area (Å²) in [5, 5.41) is 0. The minimum absolute atomic E-state index is 0.141. The molecule has 166 valence electrons. The van der Waals surface area contributed by atoms with Crippen LogP contribution in [0.2, 0.25) is 0 Å². The van der Waals surface area contributed by atoms with Crippen molar-refractivity contribution in [3.05, 3.63) is 48.4 Å². The third-order valence-corrected chi connectivity index (χ3v) is 7.69. The Hall–Kier alpha value is -2.85. The predicted molar refractivity (Wildman–Crippen MR) is 111 cm³/mol. The number of hydrogen-bond donors (Lipinski definition) is 0. The average Bonchev–Trinajstić information content (AvgIpc) is 3.51. The summed E-state index contributed by atoms with van der Waals surface area (Å²) in [6.45, 7) is 1.78. The van der Waals surface area contributed by atoms with Gasteiger partial charge in [0.15, 0.2) is 5.76 Å². The van der Waals surface area contributed by atoms with E-state index in [9.17, 15) is 18.0 Å². The van der Waals surface area contributed by atoms with Gasteiger partial charge in [0.1, 0.15) is 11.8 Å². The number of ether oxygens (including phenoxy) is 1. The van der Waals surface area contributed by atoms with E-state index in [1.807, 2.05) is 0 Å². The van der Waals surface area contributed by atoms with Gasteiger partial charge in [-0.25, -0.2) is 8.42 Å². The molecule has 0 saturated carbocycles. The third-order valence-electron chi connectivity index (χ3n) is 5.77. The topological polar surface area (TPSA) is 100 Å². The summed E-state index contributed by atoms with van der Waals surface area (Å²) in [5.41, 5.74) is 0. The number of piperazine rings is 1. The van der Waals surface area contributed by atoms with Crippen LogP contribution < -0.4 is 4.74 Å². The Bertz CT molecular complexity index is 1030. The molecule has 2 aliphatic heterocycles. The molecule has 2 aromatic rings. The largest absolute Gasteiger partial charge is 0.497 e. The van der Waals surface area contributed by atoms with Gasteiger partial charge in [-0.3, -0.25) is 9.59 Å². The molecule has 10 heteroatoms. The van der Waals surface area contributed by atoms with Crippen molar-refractivity contribution >= 4 is 21.8 Å². The lowest BCUT2D eigenvalue weighted by atomic mass is 10.2. The Morgan fingerprint density at radius 3 is 2.29 bits per heavy atom. The van der Waals surface area contributed by atoms with E-state index in [1.54, 1.807) is 34.1 Å². The highest BCUT2D eigenvalue weighted by atomic mass is 32.2. The van der Waals surface area contributed by atoms with Gasteiger partial charge in [0.05, 0.1) is 18.3 Å². The number of sulfonamides is 1. The van der Waals surface area contributed by atoms with Crippen LogP contribution in [-0.2, 0) is 14.8 Å². The van der Waals surface area contributed by atoms with Crippen LogP contribution in [0.1, 0.15) is 23.4 Å². The molecule has 2 fully saturated rings. The van der Waals surface area contributed by atoms with Crippen LogP contribution in [0.5, 0.6) is 5.75 Å². The van der Waals surface area contributed by atoms with E-state index in [4.69, 9.17) is 9.15 Å². The van der Waals surface area contributed by atoms with Crippen molar-refractivity contribution in [3.8, 4) is 5.75 Å². The molecule has 1 aromatic heterocycles. The summed E-state index contributed by atoms with van der Waals surface area (Å²) < 4.78 is 37.9. The average molecular weight is 448 g/mol. The fourth-order valence-electron chi connectivity index (χ4n) is 4.05. The lowest BCUT2D eigenvalue weighted by molar-refractivity contribution is -0.136. The number of benzene rings is 1. The van der Waals surface area contributed by atoms with Crippen LogP contribution in [0.15, 0.2) is 52.0 Å². The van der Waals surface area contributed by atoms with E-state index in [0.717, 1.165) is 0 Å². The minimum Gasteiger partial charge on any atom is -0.497 e. The Morgan fingerprint density at radius 1 is 1.00 bits per heavy atom. The summed E-state index contributed by atoms with van der Waals surface area (Å²) in [5.74, 6) is 0.420. The molecule has 1 unspecified atom stereocenters. The van der Waals surface area contributed by atoms with E-state index >= 15 is 0 Å². The van der Waals surface area contributed by atoms with E-state index in [0.29, 0.717) is 51.3 Å². The van der Waals surface area contributed by atoms with Crippen molar-refractivity contribution in [2.75, 3.05) is 39.8 Å². The molecule has 4 rings (SSSR count). The van der Waals surface area contributed by atoms with Gasteiger partial charge in [-0.2, -0.15) is 4.31 Å². The standard InChI is InChI=1S/C21H25N3O6S/c1-29-16-6-8-17(9-7-16)31(27,28)24-10-2-4-18(24)20(25)22-11-13-23(14-12-22)21(26)19-5-3-15-30-19/h3,5-9,15,18H,2,4,10-14H2,1H3. The quantitative estimate of drug-likeness (QED) is 0.687. The molecule has 2 amide bonds. The number of carbonyl (C=O) groups is 2. The van der Waals surface area contributed by atoms with E-state index in [-0.39, 0.29) is 22.5 Å². The second-order valence-electron chi connectivity index (χ2n) is 7.54. The van der Waals surface area contributed by atoms with Gasteiger partial charge < -0.3 is 19.0 Å². The zero-order valence-corrected chi connectivity index (χ0v) is 18.1. The molecule has 1 aromatic carbocycles. The first kappa shape index (κ1) is 21.4. The molecule has 0 N–H and O–H groups in total. The Labute approximate surface area is 181 Å². The Balaban J connectivity index is 1.43. The second-order valence-corrected chi connectivity index (χ2v) is 9.43. The molecular formula is C21H25N3O6S. The van der Waals surface area contributed by atoms with Crippen molar-refractivity contribution in [3.63, 3.8) is 0 Å². The van der Waals surface area contributed by atoms with Gasteiger partial charge in [0.2, 0.25) is 15.9 Å². The maximum absolute atomic E-state index is 13.2. The SMILES string of the molecule is COc1ccc(S(=O)(=O)N2CCCC2C(=O)N2CCN(C(=O)c3ccco3)CC2)cc1. The summed E-state index contributed by atoms with van der Waals surface area (Å²) in [7, 11) is -2.28. The number of carbonyl (C=O) groups excluding carboxylic acids is 2. The van der Waals surface area contributed by atoms with Crippen LogP contribution in [0.3, 0.4) is 0 Å². The van der Waals surface area contributed by atoms with E-state index in [2.05, 4.69) is 0 Å². The van der Waals surface area contributed by atoms with E-state index in [1.165, 1.54) is 29.8 Å². The smallest absolute Gasteiger partial charge is 0.289 e. The van der Waals surface area contributed by atoms with Crippen LogP contribution >= 0.6 is 0 Å². The number of nitrogens with zero attached hydrogens (tertiary/aromatic N) is 3. The summed E-state index contributed by atoms with van der Waals surface area (Å²) in [6, 6.07) is 8.72. The molecule has 0 aliphatic carbocycles. The molecule has 2 aliphatic rings. The number of methoxy groups -OCH3 is 1. The molecule has 31 heavy (non-hydrogen) atoms. The summed E-state index contributed by atoms with van der Waals surface area (Å²) in [6.07, 6.45) is 2.56. The van der Waals surface area contributed by atoms with Crippen molar-refractivity contribution < 1.29 is 27.2 Å². The zero-order chi connectivity index (χ0) is 22.0. The first-order valence-corrected chi connectivity index (χ1v) is 11.6. The first-order chi connectivity index (χ1) is 14.9. The van der Waals surface area contributed by atoms with Gasteiger partial charge >= 0.3 is 0 Å². The third kappa shape index (κ3) is 4.17. The molecule has 2 saturated heterocycles. The van der Waals surface area contributed by atoms with Crippen LogP contribution in [-0.4, -0.2) is 80.2 Å². The molecule has 9 nitrogen and oxygen atoms in total. The fourth-order valence-corrected chi connectivity index (χ4v) is 5.71. The molecule has 0 spiro atoms. The predicted octanol–water partition coefficient (Wildman–Crippen LogP) is 1.43.